The molecule has 5 heteroatoms. The van der Waals surface area contributed by atoms with Crippen molar-refractivity contribution >= 4 is 11.6 Å². The fraction of sp³-hybridized carbons (Fsp3) is 0.105. The maximum Gasteiger partial charge on any atom is 0.126 e. The predicted molar refractivity (Wildman–Crippen MR) is 91.7 cm³/mol. The zero-order valence-corrected chi connectivity index (χ0v) is 13.5. The van der Waals surface area contributed by atoms with Crippen molar-refractivity contribution < 1.29 is 8.78 Å². The molecule has 0 fully saturated rings. The smallest absolute Gasteiger partial charge is 0.126 e. The summed E-state index contributed by atoms with van der Waals surface area (Å²) in [5, 5.41) is 0.642. The monoisotopic (exact) mass is 344 g/mol. The third-order valence-corrected chi connectivity index (χ3v) is 3.97. The lowest BCUT2D eigenvalue weighted by atomic mass is 9.96. The first-order chi connectivity index (χ1) is 11.5. The summed E-state index contributed by atoms with van der Waals surface area (Å²) >= 11 is 5.93. The van der Waals surface area contributed by atoms with E-state index in [0.29, 0.717) is 16.3 Å². The van der Waals surface area contributed by atoms with Crippen LogP contribution in [0.5, 0.6) is 0 Å². The van der Waals surface area contributed by atoms with Crippen LogP contribution < -0.4 is 5.73 Å². The van der Waals surface area contributed by atoms with Crippen LogP contribution in [0, 0.1) is 11.6 Å². The third-order valence-electron chi connectivity index (χ3n) is 3.72. The fourth-order valence-electron chi connectivity index (χ4n) is 2.67. The highest BCUT2D eigenvalue weighted by Gasteiger charge is 2.15. The zero-order chi connectivity index (χ0) is 17.1. The molecular weight excluding hydrogens is 330 g/mol. The van der Waals surface area contributed by atoms with E-state index in [4.69, 9.17) is 17.3 Å². The first-order valence-electron chi connectivity index (χ1n) is 7.44. The highest BCUT2D eigenvalue weighted by atomic mass is 35.5. The van der Waals surface area contributed by atoms with Gasteiger partial charge in [-0.1, -0.05) is 29.8 Å². The van der Waals surface area contributed by atoms with Crippen molar-refractivity contribution in [3.8, 4) is 11.1 Å². The summed E-state index contributed by atoms with van der Waals surface area (Å²) in [4.78, 5) is 4.37. The molecule has 2 N–H and O–H groups in total. The molecule has 122 valence electrons. The number of aromatic nitrogens is 1. The maximum atomic E-state index is 13.4. The Bertz CT molecular complexity index is 830. The van der Waals surface area contributed by atoms with E-state index in [1.54, 1.807) is 18.3 Å². The SMILES string of the molecule is N[C@@H](Cc1cc(F)cc(F)c1)c1ncccc1-c1ccc(Cl)cc1. The van der Waals surface area contributed by atoms with Crippen LogP contribution in [0.4, 0.5) is 8.78 Å². The van der Waals surface area contributed by atoms with Crippen molar-refractivity contribution in [1.29, 1.82) is 0 Å². The fourth-order valence-corrected chi connectivity index (χ4v) is 2.79. The van der Waals surface area contributed by atoms with Gasteiger partial charge in [-0.2, -0.15) is 0 Å². The van der Waals surface area contributed by atoms with Crippen molar-refractivity contribution in [2.75, 3.05) is 0 Å². The van der Waals surface area contributed by atoms with E-state index < -0.39 is 17.7 Å². The van der Waals surface area contributed by atoms with Gasteiger partial charge >= 0.3 is 0 Å². The van der Waals surface area contributed by atoms with Gasteiger partial charge in [-0.05, 0) is 47.9 Å². The molecule has 1 aromatic heterocycles. The zero-order valence-electron chi connectivity index (χ0n) is 12.7. The molecule has 2 nitrogen and oxygen atoms in total. The van der Waals surface area contributed by atoms with Crippen molar-refractivity contribution in [3.05, 3.63) is 88.7 Å². The Labute approximate surface area is 143 Å². The van der Waals surface area contributed by atoms with Crippen molar-refractivity contribution in [1.82, 2.24) is 4.98 Å². The summed E-state index contributed by atoms with van der Waals surface area (Å²) in [5.74, 6) is -1.23. The molecule has 0 saturated carbocycles. The molecule has 0 spiro atoms. The summed E-state index contributed by atoms with van der Waals surface area (Å²) in [7, 11) is 0. The van der Waals surface area contributed by atoms with Gasteiger partial charge in [0.25, 0.3) is 0 Å². The first-order valence-corrected chi connectivity index (χ1v) is 7.82. The number of hydrogen-bond donors (Lipinski definition) is 1. The molecule has 0 bridgehead atoms. The van der Waals surface area contributed by atoms with Crippen LogP contribution in [0.1, 0.15) is 17.3 Å². The molecule has 24 heavy (non-hydrogen) atoms. The number of halogens is 3. The standard InChI is InChI=1S/C19H15ClF2N2/c20-14-5-3-13(4-6-14)17-2-1-7-24-19(17)18(23)10-12-8-15(21)11-16(22)9-12/h1-9,11,18H,10,23H2/t18-/m0/s1. The van der Waals surface area contributed by atoms with E-state index in [0.717, 1.165) is 17.2 Å². The van der Waals surface area contributed by atoms with E-state index in [-0.39, 0.29) is 6.42 Å². The van der Waals surface area contributed by atoms with Gasteiger partial charge in [0.1, 0.15) is 11.6 Å². The molecule has 1 heterocycles. The quantitative estimate of drug-likeness (QED) is 0.729. The average Bonchev–Trinajstić information content (AvgIpc) is 2.54. The molecular formula is C19H15ClF2N2. The van der Waals surface area contributed by atoms with E-state index in [1.165, 1.54) is 12.1 Å². The van der Waals surface area contributed by atoms with Gasteiger partial charge < -0.3 is 5.73 Å². The Morgan fingerprint density at radius 3 is 2.33 bits per heavy atom. The van der Waals surface area contributed by atoms with Crippen LogP contribution in [0.3, 0.4) is 0 Å². The third kappa shape index (κ3) is 3.78. The molecule has 0 radical (unpaired) electrons. The van der Waals surface area contributed by atoms with Gasteiger partial charge in [0.2, 0.25) is 0 Å². The highest BCUT2D eigenvalue weighted by Crippen LogP contribution is 2.28. The molecule has 1 atom stereocenters. The largest absolute Gasteiger partial charge is 0.322 e. The highest BCUT2D eigenvalue weighted by molar-refractivity contribution is 6.30. The molecule has 0 aliphatic heterocycles. The second-order valence-corrected chi connectivity index (χ2v) is 5.97. The Morgan fingerprint density at radius 1 is 1.00 bits per heavy atom. The Balaban J connectivity index is 1.92. The second-order valence-electron chi connectivity index (χ2n) is 5.53. The minimum absolute atomic E-state index is 0.284. The average molecular weight is 345 g/mol. The molecule has 0 amide bonds. The van der Waals surface area contributed by atoms with Crippen LogP contribution in [0.2, 0.25) is 5.02 Å². The van der Waals surface area contributed by atoms with Crippen LogP contribution in [0.15, 0.2) is 60.8 Å². The van der Waals surface area contributed by atoms with E-state index in [2.05, 4.69) is 4.98 Å². The number of benzene rings is 2. The van der Waals surface area contributed by atoms with Gasteiger partial charge in [0.15, 0.2) is 0 Å². The van der Waals surface area contributed by atoms with Crippen molar-refractivity contribution in [2.24, 2.45) is 5.73 Å². The Morgan fingerprint density at radius 2 is 1.67 bits per heavy atom. The van der Waals surface area contributed by atoms with Crippen LogP contribution in [-0.2, 0) is 6.42 Å². The lowest BCUT2D eigenvalue weighted by Crippen LogP contribution is -2.16. The summed E-state index contributed by atoms with van der Waals surface area (Å²) < 4.78 is 26.7. The van der Waals surface area contributed by atoms with E-state index in [1.807, 2.05) is 24.3 Å². The topological polar surface area (TPSA) is 38.9 Å². The number of hydrogen-bond acceptors (Lipinski definition) is 2. The van der Waals surface area contributed by atoms with Crippen molar-refractivity contribution in [2.45, 2.75) is 12.5 Å². The number of pyridine rings is 1. The minimum Gasteiger partial charge on any atom is -0.322 e. The number of nitrogens with zero attached hydrogens (tertiary/aromatic N) is 1. The molecule has 3 rings (SSSR count). The summed E-state index contributed by atoms with van der Waals surface area (Å²) in [6.07, 6.45) is 1.94. The van der Waals surface area contributed by atoms with Crippen LogP contribution in [0.25, 0.3) is 11.1 Å². The lowest BCUT2D eigenvalue weighted by Gasteiger charge is -2.16. The summed E-state index contributed by atoms with van der Waals surface area (Å²) in [6.45, 7) is 0. The molecule has 0 saturated heterocycles. The van der Waals surface area contributed by atoms with Gasteiger partial charge in [-0.3, -0.25) is 4.98 Å². The Kier molecular flexibility index (Phi) is 4.88. The van der Waals surface area contributed by atoms with Crippen molar-refractivity contribution in [3.63, 3.8) is 0 Å². The van der Waals surface area contributed by atoms with Gasteiger partial charge in [0, 0.05) is 22.8 Å². The second kappa shape index (κ2) is 7.07. The molecule has 0 aliphatic rings. The molecule has 3 aromatic rings. The summed E-state index contributed by atoms with van der Waals surface area (Å²) in [6, 6.07) is 14.0. The number of nitrogens with two attached hydrogens (primary N) is 1. The molecule has 2 aromatic carbocycles. The normalized spacial score (nSPS) is 12.2. The molecule has 0 aliphatic carbocycles. The van der Waals surface area contributed by atoms with Gasteiger partial charge in [-0.15, -0.1) is 0 Å². The Hall–Kier alpha value is -2.30. The predicted octanol–water partition coefficient (Wildman–Crippen LogP) is 4.92. The van der Waals surface area contributed by atoms with Gasteiger partial charge in [0.05, 0.1) is 11.7 Å². The minimum atomic E-state index is -0.615. The summed E-state index contributed by atoms with van der Waals surface area (Å²) in [5.41, 5.74) is 9.23. The van der Waals surface area contributed by atoms with Crippen LogP contribution in [-0.4, -0.2) is 4.98 Å². The molecule has 0 unspecified atom stereocenters. The van der Waals surface area contributed by atoms with E-state index >= 15 is 0 Å². The van der Waals surface area contributed by atoms with E-state index in [9.17, 15) is 8.78 Å². The first kappa shape index (κ1) is 16.6. The van der Waals surface area contributed by atoms with Gasteiger partial charge in [-0.25, -0.2) is 8.78 Å². The number of rotatable bonds is 4. The lowest BCUT2D eigenvalue weighted by molar-refractivity contribution is 0.576. The maximum absolute atomic E-state index is 13.4. The van der Waals surface area contributed by atoms with Crippen LogP contribution >= 0.6 is 11.6 Å².